The molecule has 2 rings (SSSR count). The van der Waals surface area contributed by atoms with Crippen molar-refractivity contribution in [3.8, 4) is 0 Å². The number of nitrogens with zero attached hydrogens (tertiary/aromatic N) is 1. The fraction of sp³-hybridized carbons (Fsp3) is 0.500. The number of halogens is 2. The van der Waals surface area contributed by atoms with Gasteiger partial charge in [0.1, 0.15) is 0 Å². The minimum atomic E-state index is 0. The van der Waals surface area contributed by atoms with Gasteiger partial charge in [-0.05, 0) is 43.7 Å². The molecular formula is C18H29Cl2N3O. The smallest absolute Gasteiger partial charge is 0.251 e. The predicted molar refractivity (Wildman–Crippen MR) is 107 cm³/mol. The average molecular weight is 374 g/mol. The lowest BCUT2D eigenvalue weighted by Crippen LogP contribution is -2.29. The SMILES string of the molecule is CCCCN(C)c1ccc(C(=O)NCC2=CCNCC2)cc1.Cl.Cl. The zero-order valence-electron chi connectivity index (χ0n) is 14.5. The maximum Gasteiger partial charge on any atom is 0.251 e. The van der Waals surface area contributed by atoms with Crippen molar-refractivity contribution in [1.82, 2.24) is 10.6 Å². The second-order valence-corrected chi connectivity index (χ2v) is 5.82. The molecule has 0 saturated heterocycles. The van der Waals surface area contributed by atoms with E-state index in [0.717, 1.165) is 37.3 Å². The lowest BCUT2D eigenvalue weighted by molar-refractivity contribution is 0.0956. The Hall–Kier alpha value is -1.23. The molecule has 0 fully saturated rings. The number of amides is 1. The van der Waals surface area contributed by atoms with Crippen LogP contribution in [0.15, 0.2) is 35.9 Å². The van der Waals surface area contributed by atoms with Crippen LogP contribution >= 0.6 is 24.8 Å². The van der Waals surface area contributed by atoms with Crippen LogP contribution in [0.3, 0.4) is 0 Å². The minimum absolute atomic E-state index is 0. The van der Waals surface area contributed by atoms with Crippen LogP contribution in [0.1, 0.15) is 36.5 Å². The van der Waals surface area contributed by atoms with E-state index in [-0.39, 0.29) is 30.7 Å². The van der Waals surface area contributed by atoms with E-state index in [1.54, 1.807) is 0 Å². The number of benzene rings is 1. The summed E-state index contributed by atoms with van der Waals surface area (Å²) in [7, 11) is 2.09. The van der Waals surface area contributed by atoms with Gasteiger partial charge in [-0.15, -0.1) is 24.8 Å². The zero-order valence-corrected chi connectivity index (χ0v) is 16.1. The first-order valence-electron chi connectivity index (χ1n) is 8.18. The Morgan fingerprint density at radius 1 is 1.25 bits per heavy atom. The highest BCUT2D eigenvalue weighted by Crippen LogP contribution is 2.14. The van der Waals surface area contributed by atoms with Gasteiger partial charge in [-0.3, -0.25) is 4.79 Å². The zero-order chi connectivity index (χ0) is 15.8. The molecule has 2 N–H and O–H groups in total. The van der Waals surface area contributed by atoms with E-state index in [4.69, 9.17) is 0 Å². The maximum atomic E-state index is 12.2. The third kappa shape index (κ3) is 7.12. The molecule has 6 heteroatoms. The molecule has 0 spiro atoms. The summed E-state index contributed by atoms with van der Waals surface area (Å²) in [5, 5.41) is 6.27. The van der Waals surface area contributed by atoms with E-state index < -0.39 is 0 Å². The van der Waals surface area contributed by atoms with Crippen molar-refractivity contribution in [2.75, 3.05) is 38.1 Å². The number of carbonyl (C=O) groups excluding carboxylic acids is 1. The molecule has 0 aliphatic carbocycles. The third-order valence-corrected chi connectivity index (χ3v) is 4.05. The summed E-state index contributed by atoms with van der Waals surface area (Å²) in [5.74, 6) is 0.00203. The fourth-order valence-corrected chi connectivity index (χ4v) is 2.52. The highest BCUT2D eigenvalue weighted by Gasteiger charge is 2.08. The van der Waals surface area contributed by atoms with Gasteiger partial charge in [-0.2, -0.15) is 0 Å². The number of unbranched alkanes of at least 4 members (excludes halogenated alkanes) is 1. The van der Waals surface area contributed by atoms with Gasteiger partial charge in [-0.25, -0.2) is 0 Å². The molecule has 4 nitrogen and oxygen atoms in total. The number of anilines is 1. The van der Waals surface area contributed by atoms with Crippen LogP contribution < -0.4 is 15.5 Å². The second-order valence-electron chi connectivity index (χ2n) is 5.82. The molecule has 0 bridgehead atoms. The van der Waals surface area contributed by atoms with E-state index in [2.05, 4.69) is 35.6 Å². The highest BCUT2D eigenvalue weighted by atomic mass is 35.5. The van der Waals surface area contributed by atoms with Crippen molar-refractivity contribution in [3.63, 3.8) is 0 Å². The quantitative estimate of drug-likeness (QED) is 0.719. The van der Waals surface area contributed by atoms with E-state index in [1.807, 2.05) is 24.3 Å². The van der Waals surface area contributed by atoms with Crippen molar-refractivity contribution in [2.45, 2.75) is 26.2 Å². The molecule has 0 saturated carbocycles. The van der Waals surface area contributed by atoms with Gasteiger partial charge in [0.15, 0.2) is 0 Å². The van der Waals surface area contributed by atoms with E-state index in [0.29, 0.717) is 6.54 Å². The summed E-state index contributed by atoms with van der Waals surface area (Å²) in [5.41, 5.74) is 3.19. The fourth-order valence-electron chi connectivity index (χ4n) is 2.52. The normalized spacial score (nSPS) is 13.2. The molecule has 1 aliphatic rings. The molecule has 24 heavy (non-hydrogen) atoms. The first-order chi connectivity index (χ1) is 10.7. The van der Waals surface area contributed by atoms with Gasteiger partial charge in [-0.1, -0.05) is 25.0 Å². The molecule has 1 amide bonds. The molecule has 1 heterocycles. The van der Waals surface area contributed by atoms with Crippen LogP contribution in [0, 0.1) is 0 Å². The molecule has 1 aromatic carbocycles. The minimum Gasteiger partial charge on any atom is -0.375 e. The molecule has 1 aliphatic heterocycles. The second kappa shape index (κ2) is 12.2. The topological polar surface area (TPSA) is 44.4 Å². The molecule has 0 aromatic heterocycles. The number of nitrogens with one attached hydrogen (secondary N) is 2. The van der Waals surface area contributed by atoms with Crippen LogP contribution in [0.2, 0.25) is 0 Å². The molecule has 0 radical (unpaired) electrons. The number of rotatable bonds is 7. The van der Waals surface area contributed by atoms with Gasteiger partial charge < -0.3 is 15.5 Å². The number of hydrogen-bond donors (Lipinski definition) is 2. The van der Waals surface area contributed by atoms with Crippen LogP contribution in [0.5, 0.6) is 0 Å². The molecule has 0 atom stereocenters. The summed E-state index contributed by atoms with van der Waals surface area (Å²) in [6.07, 6.45) is 5.55. The highest BCUT2D eigenvalue weighted by molar-refractivity contribution is 5.94. The third-order valence-electron chi connectivity index (χ3n) is 4.05. The Morgan fingerprint density at radius 3 is 2.54 bits per heavy atom. The Bertz CT molecular complexity index is 518. The molecular weight excluding hydrogens is 345 g/mol. The first kappa shape index (κ1) is 22.8. The Balaban J connectivity index is 0.00000264. The summed E-state index contributed by atoms with van der Waals surface area (Å²) < 4.78 is 0. The van der Waals surface area contributed by atoms with Crippen molar-refractivity contribution in [3.05, 3.63) is 41.5 Å². The van der Waals surface area contributed by atoms with Gasteiger partial charge in [0.05, 0.1) is 0 Å². The summed E-state index contributed by atoms with van der Waals surface area (Å²) in [4.78, 5) is 14.4. The standard InChI is InChI=1S/C18H27N3O.2ClH/c1-3-4-13-21(2)17-7-5-16(6-8-17)18(22)20-14-15-9-11-19-12-10-15;;/h5-9,19H,3-4,10-14H2,1-2H3,(H,20,22);2*1H. The van der Waals surface area contributed by atoms with Gasteiger partial charge >= 0.3 is 0 Å². The lowest BCUT2D eigenvalue weighted by atomic mass is 10.1. The Morgan fingerprint density at radius 2 is 1.96 bits per heavy atom. The van der Waals surface area contributed by atoms with Gasteiger partial charge in [0.25, 0.3) is 5.91 Å². The van der Waals surface area contributed by atoms with Crippen molar-refractivity contribution < 1.29 is 4.79 Å². The Labute approximate surface area is 157 Å². The van der Waals surface area contributed by atoms with Crippen LogP contribution in [-0.4, -0.2) is 39.1 Å². The molecule has 0 unspecified atom stereocenters. The monoisotopic (exact) mass is 373 g/mol. The predicted octanol–water partition coefficient (Wildman–Crippen LogP) is 3.42. The molecule has 1 aromatic rings. The lowest BCUT2D eigenvalue weighted by Gasteiger charge is -2.19. The largest absolute Gasteiger partial charge is 0.375 e. The van der Waals surface area contributed by atoms with Gasteiger partial charge in [0.2, 0.25) is 0 Å². The van der Waals surface area contributed by atoms with Crippen LogP contribution in [0.25, 0.3) is 0 Å². The molecule has 136 valence electrons. The number of carbonyl (C=O) groups is 1. The van der Waals surface area contributed by atoms with Crippen molar-refractivity contribution >= 4 is 36.4 Å². The van der Waals surface area contributed by atoms with Crippen LogP contribution in [-0.2, 0) is 0 Å². The van der Waals surface area contributed by atoms with E-state index in [1.165, 1.54) is 18.4 Å². The first-order valence-corrected chi connectivity index (χ1v) is 8.18. The Kier molecular flexibility index (Phi) is 11.6. The maximum absolute atomic E-state index is 12.2. The number of hydrogen-bond acceptors (Lipinski definition) is 3. The average Bonchev–Trinajstić information content (AvgIpc) is 2.58. The van der Waals surface area contributed by atoms with Gasteiger partial charge in [0, 0.05) is 37.9 Å². The van der Waals surface area contributed by atoms with Crippen molar-refractivity contribution in [2.24, 2.45) is 0 Å². The summed E-state index contributed by atoms with van der Waals surface area (Å²) in [6, 6.07) is 7.86. The van der Waals surface area contributed by atoms with E-state index >= 15 is 0 Å². The van der Waals surface area contributed by atoms with Crippen LogP contribution in [0.4, 0.5) is 5.69 Å². The summed E-state index contributed by atoms with van der Waals surface area (Å²) in [6.45, 7) is 5.80. The van der Waals surface area contributed by atoms with Crippen molar-refractivity contribution in [1.29, 1.82) is 0 Å². The van der Waals surface area contributed by atoms with E-state index in [9.17, 15) is 4.79 Å². The summed E-state index contributed by atoms with van der Waals surface area (Å²) >= 11 is 0.